The van der Waals surface area contributed by atoms with Crippen molar-refractivity contribution in [2.45, 2.75) is 114 Å². The lowest BCUT2D eigenvalue weighted by Crippen LogP contribution is -2.50. The van der Waals surface area contributed by atoms with E-state index in [2.05, 4.69) is 49.6 Å². The maximum Gasteiger partial charge on any atom is 0.237 e. The summed E-state index contributed by atoms with van der Waals surface area (Å²) in [6.45, 7) is 8.43. The van der Waals surface area contributed by atoms with Crippen molar-refractivity contribution in [3.63, 3.8) is 0 Å². The van der Waals surface area contributed by atoms with E-state index in [-0.39, 0.29) is 78.9 Å². The Kier molecular flexibility index (Phi) is 13.2. The van der Waals surface area contributed by atoms with E-state index in [9.17, 15) is 41.9 Å². The van der Waals surface area contributed by atoms with Crippen LogP contribution in [0.1, 0.15) is 131 Å². The van der Waals surface area contributed by atoms with Gasteiger partial charge in [0.15, 0.2) is 23.2 Å². The van der Waals surface area contributed by atoms with Gasteiger partial charge in [0, 0.05) is 139 Å². The van der Waals surface area contributed by atoms with Crippen LogP contribution in [0.4, 0.5) is 24.8 Å². The predicted octanol–water partition coefficient (Wildman–Crippen LogP) is 8.57. The number of rotatable bonds is 10. The minimum atomic E-state index is -1.27. The third-order valence-electron chi connectivity index (χ3n) is 17.4. The van der Waals surface area contributed by atoms with Crippen LogP contribution in [0, 0.1) is 29.3 Å². The number of ketones is 2. The number of nitrogens with zero attached hydrogens (tertiary/aromatic N) is 6. The molecule has 394 valence electrons. The number of fused-ring (bicyclic) bond motifs is 6. The first-order valence-electron chi connectivity index (χ1n) is 26.4. The van der Waals surface area contributed by atoms with Gasteiger partial charge in [0.1, 0.15) is 17.5 Å². The zero-order chi connectivity index (χ0) is 54.1. The number of hydrogen-bond acceptors (Lipinski definition) is 10. The minimum absolute atomic E-state index is 0.00493. The van der Waals surface area contributed by atoms with Gasteiger partial charge in [-0.1, -0.05) is 42.5 Å². The standard InChI is InChI=1S/C30H27F3N4O3.C30H30N4O3/c1-3-37-15(2)19(25-21(31)6-7-22(32)26(25)33)10-16(28(37)39)11-24(38)18-9-17-12-30(13-23(17)35-14-18)20-5-4-8-34-27(20)36-29(30)40;1-3-34-18(2)23(19-8-5-4-6-9-19)13-20(28(34)36)14-26(35)22-12-21-15-30(16-25(21)32-17-22)24-10-7-11-31-27(24)33-29(30)37/h4-9,14-16,19H,3,10-13H2,1-2H3,(H,34,36,40);4-12,17-18,20,23H,3,13-16H2,1-2H3,(H,31,33,37)/t15-,16-,19-,30+;18-,20-,23-,30+/m11/s1. The van der Waals surface area contributed by atoms with Crippen molar-refractivity contribution in [2.24, 2.45) is 11.8 Å². The van der Waals surface area contributed by atoms with Crippen LogP contribution in [0.25, 0.3) is 0 Å². The highest BCUT2D eigenvalue weighted by Gasteiger charge is 2.53. The van der Waals surface area contributed by atoms with Gasteiger partial charge in [-0.3, -0.25) is 38.7 Å². The number of likely N-dealkylation sites (N-methyl/N-ethyl adjacent to an activating group) is 2. The van der Waals surface area contributed by atoms with Gasteiger partial charge in [-0.05, 0) is 106 Å². The molecule has 8 heterocycles. The van der Waals surface area contributed by atoms with Gasteiger partial charge in [-0.15, -0.1) is 0 Å². The summed E-state index contributed by atoms with van der Waals surface area (Å²) in [6, 6.07) is 22.4. The Morgan fingerprint density at radius 2 is 1.06 bits per heavy atom. The van der Waals surface area contributed by atoms with E-state index >= 15 is 0 Å². The van der Waals surface area contributed by atoms with E-state index < -0.39 is 51.7 Å². The number of amides is 4. The summed E-state index contributed by atoms with van der Waals surface area (Å²) >= 11 is 0. The molecule has 4 amide bonds. The van der Waals surface area contributed by atoms with Crippen LogP contribution in [0.2, 0.25) is 0 Å². The summed E-state index contributed by atoms with van der Waals surface area (Å²) in [5, 5.41) is 5.75. The molecule has 2 N–H and O–H groups in total. The molecule has 2 aliphatic carbocycles. The molecule has 0 radical (unpaired) electrons. The molecule has 17 heteroatoms. The maximum absolute atomic E-state index is 14.8. The minimum Gasteiger partial charge on any atom is -0.339 e. The lowest BCUT2D eigenvalue weighted by molar-refractivity contribution is -0.142. The molecule has 6 aliphatic rings. The van der Waals surface area contributed by atoms with Crippen molar-refractivity contribution in [3.05, 3.63) is 177 Å². The van der Waals surface area contributed by atoms with Gasteiger partial charge in [0.05, 0.1) is 10.8 Å². The quantitative estimate of drug-likeness (QED) is 0.0995. The molecule has 2 saturated heterocycles. The second-order valence-corrected chi connectivity index (χ2v) is 21.5. The van der Waals surface area contributed by atoms with Crippen LogP contribution < -0.4 is 10.6 Å². The molecule has 2 aromatic carbocycles. The zero-order valence-corrected chi connectivity index (χ0v) is 43.1. The summed E-state index contributed by atoms with van der Waals surface area (Å²) in [5.41, 5.74) is 5.00. The number of carbonyl (C=O) groups excluding carboxylic acids is 6. The Balaban J connectivity index is 0.000000164. The van der Waals surface area contributed by atoms with Crippen LogP contribution >= 0.6 is 0 Å². The number of piperidine rings is 2. The average molecular weight is 1040 g/mol. The number of pyridine rings is 4. The normalized spacial score (nSPS) is 25.7. The molecule has 4 aromatic heterocycles. The van der Waals surface area contributed by atoms with E-state index in [1.165, 1.54) is 16.7 Å². The van der Waals surface area contributed by atoms with E-state index in [0.717, 1.165) is 45.8 Å². The SMILES string of the molecule is CCN1C(=O)[C@@H](CC(=O)c2cnc3c(c2)C[C@@]2(C3)C(=O)Nc3ncccc32)C[C@@H](c2c(F)ccc(F)c2F)[C@H]1C.CCN1C(=O)[C@@H](CC(=O)c2cnc3c(c2)C[C@@]2(C3)C(=O)Nc3ncccc32)C[C@@H](c2ccccc2)[C@H]1C. The first-order valence-corrected chi connectivity index (χ1v) is 26.4. The van der Waals surface area contributed by atoms with Crippen molar-refractivity contribution < 1.29 is 41.9 Å². The average Bonchev–Trinajstić information content (AvgIpc) is 4.39. The fraction of sp³-hybridized carbons (Fsp3) is 0.367. The van der Waals surface area contributed by atoms with Crippen LogP contribution in [0.15, 0.2) is 104 Å². The Hall–Kier alpha value is -7.95. The van der Waals surface area contributed by atoms with Crippen molar-refractivity contribution in [3.8, 4) is 0 Å². The number of aromatic nitrogens is 4. The topological polar surface area (TPSA) is 185 Å². The molecule has 0 bridgehead atoms. The molecule has 77 heavy (non-hydrogen) atoms. The molecular weight excluding hydrogens is 986 g/mol. The Bertz CT molecular complexity index is 3430. The number of benzene rings is 2. The zero-order valence-electron chi connectivity index (χ0n) is 43.1. The number of Topliss-reactive ketones (excluding diaryl/α,β-unsaturated/α-hetero) is 2. The van der Waals surface area contributed by atoms with Gasteiger partial charge >= 0.3 is 0 Å². The molecule has 14 nitrogen and oxygen atoms in total. The smallest absolute Gasteiger partial charge is 0.237 e. The third kappa shape index (κ3) is 8.67. The Labute approximate surface area is 443 Å². The predicted molar refractivity (Wildman–Crippen MR) is 278 cm³/mol. The van der Waals surface area contributed by atoms with E-state index in [1.54, 1.807) is 44.6 Å². The van der Waals surface area contributed by atoms with Gasteiger partial charge < -0.3 is 20.4 Å². The maximum atomic E-state index is 14.8. The first-order chi connectivity index (χ1) is 37.0. The second kappa shape index (κ2) is 19.9. The van der Waals surface area contributed by atoms with Crippen LogP contribution in [0.5, 0.6) is 0 Å². The summed E-state index contributed by atoms with van der Waals surface area (Å²) in [7, 11) is 0. The van der Waals surface area contributed by atoms with Gasteiger partial charge in [-0.25, -0.2) is 23.1 Å². The highest BCUT2D eigenvalue weighted by atomic mass is 19.2. The highest BCUT2D eigenvalue weighted by molar-refractivity contribution is 6.07. The van der Waals surface area contributed by atoms with Crippen molar-refractivity contribution in [1.29, 1.82) is 0 Å². The lowest BCUT2D eigenvalue weighted by atomic mass is 9.76. The van der Waals surface area contributed by atoms with Crippen LogP contribution in [-0.4, -0.2) is 90.1 Å². The summed E-state index contributed by atoms with van der Waals surface area (Å²) in [5.74, 6) is -4.88. The third-order valence-corrected chi connectivity index (χ3v) is 17.4. The molecule has 12 rings (SSSR count). The fourth-order valence-electron chi connectivity index (χ4n) is 13.3. The Morgan fingerprint density at radius 3 is 1.56 bits per heavy atom. The summed E-state index contributed by atoms with van der Waals surface area (Å²) in [4.78, 5) is 101. The second-order valence-electron chi connectivity index (χ2n) is 21.5. The number of anilines is 2. The largest absolute Gasteiger partial charge is 0.339 e. The molecule has 2 spiro atoms. The number of carbonyl (C=O) groups is 6. The van der Waals surface area contributed by atoms with Crippen LogP contribution in [0.3, 0.4) is 0 Å². The monoisotopic (exact) mass is 1040 g/mol. The molecular formula is C60H57F3N8O6. The van der Waals surface area contributed by atoms with E-state index in [0.29, 0.717) is 61.4 Å². The molecule has 0 unspecified atom stereocenters. The molecule has 2 fully saturated rings. The number of hydrogen-bond donors (Lipinski definition) is 2. The lowest BCUT2D eigenvalue weighted by Gasteiger charge is -2.42. The van der Waals surface area contributed by atoms with E-state index in [4.69, 9.17) is 0 Å². The van der Waals surface area contributed by atoms with Crippen molar-refractivity contribution in [1.82, 2.24) is 29.7 Å². The number of likely N-dealkylation sites (tertiary alicyclic amines) is 2. The van der Waals surface area contributed by atoms with Gasteiger partial charge in [0.25, 0.3) is 0 Å². The van der Waals surface area contributed by atoms with Crippen molar-refractivity contribution in [2.75, 3.05) is 23.7 Å². The summed E-state index contributed by atoms with van der Waals surface area (Å²) < 4.78 is 43.5. The molecule has 6 aromatic rings. The van der Waals surface area contributed by atoms with Crippen LogP contribution in [-0.2, 0) is 55.7 Å². The highest BCUT2D eigenvalue weighted by Crippen LogP contribution is 2.48. The molecule has 8 atom stereocenters. The fourth-order valence-corrected chi connectivity index (χ4v) is 13.3. The Morgan fingerprint density at radius 1 is 0.597 bits per heavy atom. The number of nitrogens with one attached hydrogen (secondary N) is 2. The molecule has 0 saturated carbocycles. The van der Waals surface area contributed by atoms with Gasteiger partial charge in [-0.2, -0.15) is 0 Å². The van der Waals surface area contributed by atoms with Gasteiger partial charge in [0.2, 0.25) is 23.6 Å². The summed E-state index contributed by atoms with van der Waals surface area (Å²) in [6.07, 6.45) is 8.71. The number of halogens is 3. The van der Waals surface area contributed by atoms with E-state index in [1.807, 2.05) is 54.3 Å². The first kappa shape index (κ1) is 51.2. The molecule has 4 aliphatic heterocycles. The van der Waals surface area contributed by atoms with Crippen molar-refractivity contribution >= 4 is 46.8 Å².